The number of phenols is 1. The lowest BCUT2D eigenvalue weighted by atomic mass is 9.84. The van der Waals surface area contributed by atoms with Crippen LogP contribution in [0.5, 0.6) is 5.75 Å². The first-order valence-electron chi connectivity index (χ1n) is 11.0. The molecule has 1 heterocycles. The first-order chi connectivity index (χ1) is 16.0. The molecule has 1 aliphatic heterocycles. The topological polar surface area (TPSA) is 77.8 Å². The predicted octanol–water partition coefficient (Wildman–Crippen LogP) is 6.28. The molecule has 2 N–H and O–H groups in total. The van der Waals surface area contributed by atoms with Gasteiger partial charge in [0.25, 0.3) is 11.7 Å². The molecule has 6 heteroatoms. The maximum Gasteiger partial charge on any atom is 0.300 e. The highest BCUT2D eigenvalue weighted by atomic mass is 35.5. The average molecular weight is 476 g/mol. The van der Waals surface area contributed by atoms with Gasteiger partial charge in [0, 0.05) is 16.3 Å². The molecular formula is C28H26ClNO4. The third kappa shape index (κ3) is 4.19. The first-order valence-corrected chi connectivity index (χ1v) is 11.3. The number of aliphatic hydroxyl groups excluding tert-OH is 1. The quantitative estimate of drug-likeness (QED) is 0.265. The summed E-state index contributed by atoms with van der Waals surface area (Å²) in [7, 11) is 0. The lowest BCUT2D eigenvalue weighted by molar-refractivity contribution is -0.132. The van der Waals surface area contributed by atoms with Crippen molar-refractivity contribution in [2.75, 3.05) is 4.90 Å². The van der Waals surface area contributed by atoms with E-state index >= 15 is 0 Å². The van der Waals surface area contributed by atoms with Crippen LogP contribution in [0.15, 0.2) is 72.3 Å². The van der Waals surface area contributed by atoms with Crippen molar-refractivity contribution < 1.29 is 19.8 Å². The van der Waals surface area contributed by atoms with Crippen LogP contribution in [0.1, 0.15) is 49.1 Å². The van der Waals surface area contributed by atoms with Gasteiger partial charge in [-0.25, -0.2) is 0 Å². The minimum Gasteiger partial charge on any atom is -0.508 e. The molecule has 1 amide bonds. The second-order valence-electron chi connectivity index (χ2n) is 9.52. The molecule has 1 saturated heterocycles. The van der Waals surface area contributed by atoms with Gasteiger partial charge in [-0.1, -0.05) is 62.7 Å². The number of carbonyl (C=O) groups excluding carboxylic acids is 2. The Kier molecular flexibility index (Phi) is 6.00. The van der Waals surface area contributed by atoms with E-state index in [9.17, 15) is 19.8 Å². The number of carbonyl (C=O) groups is 2. The maximum absolute atomic E-state index is 13.3. The van der Waals surface area contributed by atoms with E-state index in [4.69, 9.17) is 11.6 Å². The number of aliphatic hydroxyl groups is 1. The fraction of sp³-hybridized carbons (Fsp3) is 0.214. The van der Waals surface area contributed by atoms with Crippen molar-refractivity contribution in [1.29, 1.82) is 0 Å². The van der Waals surface area contributed by atoms with E-state index < -0.39 is 17.7 Å². The molecule has 5 nitrogen and oxygen atoms in total. The van der Waals surface area contributed by atoms with Gasteiger partial charge in [-0.2, -0.15) is 0 Å². The number of rotatable bonds is 3. The first kappa shape index (κ1) is 23.6. The van der Waals surface area contributed by atoms with Gasteiger partial charge >= 0.3 is 0 Å². The number of anilines is 1. The summed E-state index contributed by atoms with van der Waals surface area (Å²) in [6.45, 7) is 8.03. The van der Waals surface area contributed by atoms with Crippen molar-refractivity contribution in [3.63, 3.8) is 0 Å². The van der Waals surface area contributed by atoms with Crippen LogP contribution >= 0.6 is 11.6 Å². The number of amides is 1. The standard InChI is InChI=1S/C28H26ClNO4/c1-16-11-12-18(28(2,3)4)14-22(16)25(32)23-24(17-7-5-10-21(31)13-17)30(27(34)26(23)33)20-9-6-8-19(29)15-20/h5-15,24,31-32H,1-4H3/b25-23+. The van der Waals surface area contributed by atoms with E-state index in [1.54, 1.807) is 36.4 Å². The van der Waals surface area contributed by atoms with Crippen LogP contribution < -0.4 is 4.90 Å². The summed E-state index contributed by atoms with van der Waals surface area (Å²) in [5, 5.41) is 22.0. The van der Waals surface area contributed by atoms with Crippen molar-refractivity contribution in [1.82, 2.24) is 0 Å². The van der Waals surface area contributed by atoms with Crippen LogP contribution in [0.25, 0.3) is 5.76 Å². The number of phenolic OH excluding ortho intramolecular Hbond substituents is 1. The molecule has 0 aliphatic carbocycles. The molecule has 34 heavy (non-hydrogen) atoms. The Balaban J connectivity index is 2.00. The second-order valence-corrected chi connectivity index (χ2v) is 9.96. The number of Topliss-reactive ketones (excluding diaryl/α,β-unsaturated/α-hetero) is 1. The van der Waals surface area contributed by atoms with Crippen LogP contribution in [0.4, 0.5) is 5.69 Å². The number of hydrogen-bond donors (Lipinski definition) is 2. The van der Waals surface area contributed by atoms with E-state index in [2.05, 4.69) is 20.8 Å². The normalized spacial score (nSPS) is 17.9. The number of nitrogens with zero attached hydrogens (tertiary/aromatic N) is 1. The summed E-state index contributed by atoms with van der Waals surface area (Å²) in [5.74, 6) is -1.84. The highest BCUT2D eigenvalue weighted by Gasteiger charge is 2.47. The second kappa shape index (κ2) is 8.65. The lowest BCUT2D eigenvalue weighted by Gasteiger charge is -2.26. The van der Waals surface area contributed by atoms with Crippen molar-refractivity contribution in [2.24, 2.45) is 0 Å². The molecule has 0 aromatic heterocycles. The molecule has 3 aromatic carbocycles. The van der Waals surface area contributed by atoms with Gasteiger partial charge in [-0.3, -0.25) is 14.5 Å². The molecule has 3 aromatic rings. The molecular weight excluding hydrogens is 450 g/mol. The Bertz CT molecular complexity index is 1340. The third-order valence-corrected chi connectivity index (χ3v) is 6.31. The van der Waals surface area contributed by atoms with Crippen LogP contribution in [0.3, 0.4) is 0 Å². The number of halogens is 1. The SMILES string of the molecule is Cc1ccc(C(C)(C)C)cc1/C(O)=C1\C(=O)C(=O)N(c2cccc(Cl)c2)C1c1cccc(O)c1. The Labute approximate surface area is 203 Å². The molecule has 0 bridgehead atoms. The Morgan fingerprint density at radius 2 is 1.68 bits per heavy atom. The van der Waals surface area contributed by atoms with Crippen molar-refractivity contribution in [3.05, 3.63) is 99.6 Å². The molecule has 0 radical (unpaired) electrons. The molecule has 174 valence electrons. The summed E-state index contributed by atoms with van der Waals surface area (Å²) >= 11 is 6.18. The Hall–Kier alpha value is -3.57. The number of ketones is 1. The minimum absolute atomic E-state index is 0.0138. The largest absolute Gasteiger partial charge is 0.508 e. The molecule has 0 saturated carbocycles. The lowest BCUT2D eigenvalue weighted by Crippen LogP contribution is -2.29. The smallest absolute Gasteiger partial charge is 0.300 e. The van der Waals surface area contributed by atoms with Crippen molar-refractivity contribution in [2.45, 2.75) is 39.2 Å². The summed E-state index contributed by atoms with van der Waals surface area (Å²) in [4.78, 5) is 27.9. The van der Waals surface area contributed by atoms with E-state index in [1.807, 2.05) is 25.1 Å². The molecule has 1 aliphatic rings. The Morgan fingerprint density at radius 3 is 2.32 bits per heavy atom. The zero-order chi connectivity index (χ0) is 24.8. The van der Waals surface area contributed by atoms with Gasteiger partial charge < -0.3 is 10.2 Å². The predicted molar refractivity (Wildman–Crippen MR) is 134 cm³/mol. The zero-order valence-electron chi connectivity index (χ0n) is 19.5. The Morgan fingerprint density at radius 1 is 0.971 bits per heavy atom. The highest BCUT2D eigenvalue weighted by molar-refractivity contribution is 6.51. The fourth-order valence-corrected chi connectivity index (χ4v) is 4.41. The monoisotopic (exact) mass is 475 g/mol. The molecule has 1 atom stereocenters. The van der Waals surface area contributed by atoms with Gasteiger partial charge in [0.2, 0.25) is 0 Å². The highest BCUT2D eigenvalue weighted by Crippen LogP contribution is 2.43. The van der Waals surface area contributed by atoms with E-state index in [-0.39, 0.29) is 22.5 Å². The summed E-state index contributed by atoms with van der Waals surface area (Å²) < 4.78 is 0. The number of benzene rings is 3. The van der Waals surface area contributed by atoms with Crippen molar-refractivity contribution >= 4 is 34.7 Å². The van der Waals surface area contributed by atoms with Gasteiger partial charge in [0.05, 0.1) is 11.6 Å². The van der Waals surface area contributed by atoms with Gasteiger partial charge in [0.1, 0.15) is 11.5 Å². The van der Waals surface area contributed by atoms with E-state index in [1.165, 1.54) is 17.0 Å². The third-order valence-electron chi connectivity index (χ3n) is 6.08. The zero-order valence-corrected chi connectivity index (χ0v) is 20.2. The van der Waals surface area contributed by atoms with Crippen LogP contribution in [0.2, 0.25) is 5.02 Å². The number of hydrogen-bond acceptors (Lipinski definition) is 4. The summed E-state index contributed by atoms with van der Waals surface area (Å²) in [5.41, 5.74) is 2.94. The molecule has 4 rings (SSSR count). The maximum atomic E-state index is 13.3. The van der Waals surface area contributed by atoms with Gasteiger partial charge in [0.15, 0.2) is 0 Å². The summed E-state index contributed by atoms with van der Waals surface area (Å²) in [6.07, 6.45) is 0. The van der Waals surface area contributed by atoms with Crippen LogP contribution in [-0.2, 0) is 15.0 Å². The fourth-order valence-electron chi connectivity index (χ4n) is 4.22. The molecule has 1 fully saturated rings. The minimum atomic E-state index is -0.941. The van der Waals surface area contributed by atoms with E-state index in [0.717, 1.165) is 11.1 Å². The molecule has 0 spiro atoms. The van der Waals surface area contributed by atoms with Gasteiger partial charge in [-0.05, 0) is 65.4 Å². The van der Waals surface area contributed by atoms with Gasteiger partial charge in [-0.15, -0.1) is 0 Å². The summed E-state index contributed by atoms with van der Waals surface area (Å²) in [6, 6.07) is 17.8. The number of aromatic hydroxyl groups is 1. The average Bonchev–Trinajstić information content (AvgIpc) is 3.03. The van der Waals surface area contributed by atoms with Crippen LogP contribution in [-0.4, -0.2) is 21.9 Å². The van der Waals surface area contributed by atoms with Crippen LogP contribution in [0, 0.1) is 6.92 Å². The molecule has 1 unspecified atom stereocenters. The number of aryl methyl sites for hydroxylation is 1. The van der Waals surface area contributed by atoms with E-state index in [0.29, 0.717) is 21.8 Å². The van der Waals surface area contributed by atoms with Crippen molar-refractivity contribution in [3.8, 4) is 5.75 Å².